The Labute approximate surface area is 112 Å². The fraction of sp³-hybridized carbons (Fsp3) is 0.733. The Hall–Kier alpha value is -0.800. The molecule has 0 aromatic carbocycles. The lowest BCUT2D eigenvalue weighted by atomic mass is 10.2. The van der Waals surface area contributed by atoms with Crippen LogP contribution in [0, 0.1) is 0 Å². The van der Waals surface area contributed by atoms with E-state index in [0.717, 1.165) is 25.4 Å². The molecular formula is C15H28N2O. The number of furan rings is 1. The number of nitrogens with one attached hydrogen (secondary N) is 1. The van der Waals surface area contributed by atoms with Gasteiger partial charge in [0.15, 0.2) is 0 Å². The highest BCUT2D eigenvalue weighted by Gasteiger charge is 2.15. The van der Waals surface area contributed by atoms with Crippen LogP contribution in [-0.4, -0.2) is 23.5 Å². The largest absolute Gasteiger partial charge is 0.468 e. The topological polar surface area (TPSA) is 28.4 Å². The molecule has 1 heterocycles. The van der Waals surface area contributed by atoms with Crippen molar-refractivity contribution in [2.45, 2.75) is 66.2 Å². The zero-order chi connectivity index (χ0) is 13.5. The maximum Gasteiger partial charge on any atom is 0.122 e. The lowest BCUT2D eigenvalue weighted by Crippen LogP contribution is -2.32. The second-order valence-electron chi connectivity index (χ2n) is 5.22. The van der Waals surface area contributed by atoms with Gasteiger partial charge in [0.25, 0.3) is 0 Å². The zero-order valence-corrected chi connectivity index (χ0v) is 12.5. The average Bonchev–Trinajstić information content (AvgIpc) is 2.79. The zero-order valence-electron chi connectivity index (χ0n) is 12.5. The molecule has 0 amide bonds. The molecule has 1 aromatic heterocycles. The Morgan fingerprint density at radius 1 is 1.28 bits per heavy atom. The summed E-state index contributed by atoms with van der Waals surface area (Å²) in [6.07, 6.45) is 2.98. The van der Waals surface area contributed by atoms with Gasteiger partial charge in [0.1, 0.15) is 5.76 Å². The van der Waals surface area contributed by atoms with Gasteiger partial charge in [-0.3, -0.25) is 4.90 Å². The van der Waals surface area contributed by atoms with Crippen molar-refractivity contribution in [3.8, 4) is 0 Å². The number of hydrogen-bond acceptors (Lipinski definition) is 3. The second kappa shape index (κ2) is 7.59. The summed E-state index contributed by atoms with van der Waals surface area (Å²) < 4.78 is 5.64. The molecule has 0 saturated heterocycles. The molecule has 0 spiro atoms. The molecule has 104 valence electrons. The molecule has 0 fully saturated rings. The van der Waals surface area contributed by atoms with Gasteiger partial charge < -0.3 is 9.73 Å². The van der Waals surface area contributed by atoms with Gasteiger partial charge in [-0.2, -0.15) is 0 Å². The van der Waals surface area contributed by atoms with Crippen molar-refractivity contribution in [1.82, 2.24) is 10.2 Å². The van der Waals surface area contributed by atoms with E-state index < -0.39 is 0 Å². The molecule has 3 heteroatoms. The van der Waals surface area contributed by atoms with E-state index in [1.54, 1.807) is 6.26 Å². The lowest BCUT2D eigenvalue weighted by Gasteiger charge is -2.26. The summed E-state index contributed by atoms with van der Waals surface area (Å²) in [7, 11) is 0. The fourth-order valence-electron chi connectivity index (χ4n) is 2.00. The average molecular weight is 252 g/mol. The molecule has 0 saturated carbocycles. The van der Waals surface area contributed by atoms with E-state index in [0.29, 0.717) is 12.1 Å². The van der Waals surface area contributed by atoms with E-state index in [1.165, 1.54) is 12.0 Å². The quantitative estimate of drug-likeness (QED) is 0.768. The van der Waals surface area contributed by atoms with Crippen LogP contribution in [0.15, 0.2) is 16.7 Å². The minimum Gasteiger partial charge on any atom is -0.468 e. The van der Waals surface area contributed by atoms with Gasteiger partial charge in [-0.05, 0) is 26.0 Å². The predicted octanol–water partition coefficient (Wildman–Crippen LogP) is 3.40. The molecule has 0 radical (unpaired) electrons. The van der Waals surface area contributed by atoms with Crippen molar-refractivity contribution in [3.63, 3.8) is 0 Å². The minimum atomic E-state index is 0.504. The summed E-state index contributed by atoms with van der Waals surface area (Å²) >= 11 is 0. The van der Waals surface area contributed by atoms with Crippen LogP contribution in [0.5, 0.6) is 0 Å². The normalized spacial score (nSPS) is 13.5. The van der Waals surface area contributed by atoms with Crippen molar-refractivity contribution in [3.05, 3.63) is 23.7 Å². The van der Waals surface area contributed by atoms with Crippen LogP contribution < -0.4 is 5.32 Å². The van der Waals surface area contributed by atoms with Gasteiger partial charge in [0.05, 0.1) is 12.8 Å². The number of rotatable bonds is 8. The molecule has 18 heavy (non-hydrogen) atoms. The van der Waals surface area contributed by atoms with Gasteiger partial charge in [0, 0.05) is 24.2 Å². The van der Waals surface area contributed by atoms with Crippen LogP contribution in [-0.2, 0) is 13.1 Å². The second-order valence-corrected chi connectivity index (χ2v) is 5.22. The highest BCUT2D eigenvalue weighted by atomic mass is 16.3. The minimum absolute atomic E-state index is 0.504. The molecular weight excluding hydrogens is 224 g/mol. The van der Waals surface area contributed by atoms with E-state index in [-0.39, 0.29) is 0 Å². The van der Waals surface area contributed by atoms with E-state index in [1.807, 2.05) is 0 Å². The first-order chi connectivity index (χ1) is 8.58. The third-order valence-corrected chi connectivity index (χ3v) is 3.51. The first-order valence-corrected chi connectivity index (χ1v) is 7.11. The molecule has 1 atom stereocenters. The van der Waals surface area contributed by atoms with Crippen LogP contribution in [0.2, 0.25) is 0 Å². The molecule has 1 N–H and O–H groups in total. The Balaban J connectivity index is 2.63. The summed E-state index contributed by atoms with van der Waals surface area (Å²) in [5.74, 6) is 1.10. The van der Waals surface area contributed by atoms with Crippen LogP contribution in [0.3, 0.4) is 0 Å². The third kappa shape index (κ3) is 4.46. The maximum absolute atomic E-state index is 5.64. The summed E-state index contributed by atoms with van der Waals surface area (Å²) in [5.41, 5.74) is 1.28. The van der Waals surface area contributed by atoms with Crippen LogP contribution in [0.1, 0.15) is 52.4 Å². The van der Waals surface area contributed by atoms with Crippen molar-refractivity contribution in [2.24, 2.45) is 0 Å². The van der Waals surface area contributed by atoms with Crippen LogP contribution in [0.4, 0.5) is 0 Å². The molecule has 3 nitrogen and oxygen atoms in total. The summed E-state index contributed by atoms with van der Waals surface area (Å²) in [5, 5.41) is 3.44. The molecule has 0 aliphatic carbocycles. The van der Waals surface area contributed by atoms with Gasteiger partial charge >= 0.3 is 0 Å². The first kappa shape index (κ1) is 15.3. The van der Waals surface area contributed by atoms with Gasteiger partial charge in [0.2, 0.25) is 0 Å². The summed E-state index contributed by atoms with van der Waals surface area (Å²) in [6, 6.07) is 3.19. The van der Waals surface area contributed by atoms with Gasteiger partial charge in [-0.25, -0.2) is 0 Å². The Bertz CT molecular complexity index is 333. The van der Waals surface area contributed by atoms with Crippen molar-refractivity contribution in [1.29, 1.82) is 0 Å². The Morgan fingerprint density at radius 3 is 2.56 bits per heavy atom. The molecule has 1 rings (SSSR count). The standard InChI is InChI=1S/C15H28N2O/c1-6-13(5)17(7-2)11-15-14(8-9-18-15)10-16-12(3)4/h8-9,12-13,16H,6-7,10-11H2,1-5H3. The van der Waals surface area contributed by atoms with E-state index >= 15 is 0 Å². The molecule has 1 aromatic rings. The maximum atomic E-state index is 5.64. The van der Waals surface area contributed by atoms with E-state index in [2.05, 4.69) is 50.9 Å². The molecule has 0 aliphatic heterocycles. The van der Waals surface area contributed by atoms with Crippen molar-refractivity contribution < 1.29 is 4.42 Å². The van der Waals surface area contributed by atoms with Gasteiger partial charge in [-0.1, -0.05) is 27.7 Å². The highest BCUT2D eigenvalue weighted by Crippen LogP contribution is 2.16. The molecule has 1 unspecified atom stereocenters. The number of nitrogens with zero attached hydrogens (tertiary/aromatic N) is 1. The lowest BCUT2D eigenvalue weighted by molar-refractivity contribution is 0.189. The monoisotopic (exact) mass is 252 g/mol. The third-order valence-electron chi connectivity index (χ3n) is 3.51. The van der Waals surface area contributed by atoms with Crippen molar-refractivity contribution >= 4 is 0 Å². The fourth-order valence-corrected chi connectivity index (χ4v) is 2.00. The SMILES string of the molecule is CCC(C)N(CC)Cc1occc1CNC(C)C. The van der Waals surface area contributed by atoms with Crippen LogP contribution in [0.25, 0.3) is 0 Å². The van der Waals surface area contributed by atoms with Crippen molar-refractivity contribution in [2.75, 3.05) is 6.54 Å². The molecule has 0 aliphatic rings. The number of hydrogen-bond donors (Lipinski definition) is 1. The predicted molar refractivity (Wildman–Crippen MR) is 76.5 cm³/mol. The van der Waals surface area contributed by atoms with Gasteiger partial charge in [-0.15, -0.1) is 0 Å². The molecule has 0 bridgehead atoms. The summed E-state index contributed by atoms with van der Waals surface area (Å²) in [6.45, 7) is 13.9. The van der Waals surface area contributed by atoms with E-state index in [9.17, 15) is 0 Å². The highest BCUT2D eigenvalue weighted by molar-refractivity contribution is 5.17. The van der Waals surface area contributed by atoms with E-state index in [4.69, 9.17) is 4.42 Å². The Morgan fingerprint density at radius 2 is 2.00 bits per heavy atom. The summed E-state index contributed by atoms with van der Waals surface area (Å²) in [4.78, 5) is 2.46. The van der Waals surface area contributed by atoms with Crippen LogP contribution >= 0.6 is 0 Å². The smallest absolute Gasteiger partial charge is 0.122 e. The first-order valence-electron chi connectivity index (χ1n) is 7.11. The Kier molecular flexibility index (Phi) is 6.44.